The van der Waals surface area contributed by atoms with E-state index < -0.39 is 0 Å². The second-order valence-corrected chi connectivity index (χ2v) is 5.19. The summed E-state index contributed by atoms with van der Waals surface area (Å²) in [7, 11) is 2.04. The van der Waals surface area contributed by atoms with E-state index in [-0.39, 0.29) is 0 Å². The molecule has 1 saturated carbocycles. The fourth-order valence-corrected chi connectivity index (χ4v) is 2.96. The Bertz CT molecular complexity index is 509. The highest BCUT2D eigenvalue weighted by Crippen LogP contribution is 2.28. The molecule has 3 rings (SSSR count). The molecule has 0 spiro atoms. The van der Waals surface area contributed by atoms with Gasteiger partial charge in [-0.3, -0.25) is 0 Å². The Hall–Kier alpha value is -1.38. The predicted octanol–water partition coefficient (Wildman–Crippen LogP) is 3.09. The molecule has 3 heteroatoms. The van der Waals surface area contributed by atoms with Crippen molar-refractivity contribution in [3.8, 4) is 0 Å². The third-order valence-electron chi connectivity index (χ3n) is 3.95. The summed E-state index contributed by atoms with van der Waals surface area (Å²) < 4.78 is 2.07. The molecule has 0 aliphatic heterocycles. The molecule has 0 bridgehead atoms. The average molecular weight is 229 g/mol. The quantitative estimate of drug-likeness (QED) is 0.792. The van der Waals surface area contributed by atoms with Crippen LogP contribution in [0.15, 0.2) is 18.6 Å². The van der Waals surface area contributed by atoms with Crippen LogP contribution in [0.3, 0.4) is 0 Å². The summed E-state index contributed by atoms with van der Waals surface area (Å²) in [6, 6.07) is 2.15. The number of fused-ring (bicyclic) bond motifs is 1. The molecule has 1 fully saturated rings. The zero-order valence-corrected chi connectivity index (χ0v) is 10.4. The van der Waals surface area contributed by atoms with Crippen LogP contribution in [0.1, 0.15) is 37.8 Å². The van der Waals surface area contributed by atoms with Gasteiger partial charge in [-0.15, -0.1) is 0 Å². The lowest BCUT2D eigenvalue weighted by Gasteiger charge is -2.21. The van der Waals surface area contributed by atoms with E-state index in [1.54, 1.807) is 6.33 Å². The molecule has 0 saturated heterocycles. The molecule has 0 unspecified atom stereocenters. The Labute approximate surface area is 102 Å². The molecule has 3 nitrogen and oxygen atoms in total. The summed E-state index contributed by atoms with van der Waals surface area (Å²) in [6.07, 6.45) is 11.9. The molecule has 0 N–H and O–H groups in total. The highest BCUT2D eigenvalue weighted by atomic mass is 15.0. The first-order valence-electron chi connectivity index (χ1n) is 6.59. The molecule has 17 heavy (non-hydrogen) atoms. The molecule has 2 heterocycles. The van der Waals surface area contributed by atoms with Crippen LogP contribution in [0, 0.1) is 5.92 Å². The number of rotatable bonds is 2. The SMILES string of the molecule is Cn1ccc2c(CC3CCCCC3)ncnc21. The normalized spacial score (nSPS) is 17.7. The number of hydrogen-bond donors (Lipinski definition) is 0. The molecule has 2 aromatic heterocycles. The van der Waals surface area contributed by atoms with Crippen molar-refractivity contribution in [2.45, 2.75) is 38.5 Å². The van der Waals surface area contributed by atoms with Gasteiger partial charge in [0.2, 0.25) is 0 Å². The lowest BCUT2D eigenvalue weighted by atomic mass is 9.86. The van der Waals surface area contributed by atoms with Crippen molar-refractivity contribution < 1.29 is 0 Å². The van der Waals surface area contributed by atoms with Crippen molar-refractivity contribution in [3.63, 3.8) is 0 Å². The van der Waals surface area contributed by atoms with Crippen molar-refractivity contribution >= 4 is 11.0 Å². The van der Waals surface area contributed by atoms with E-state index in [2.05, 4.69) is 26.8 Å². The van der Waals surface area contributed by atoms with E-state index in [4.69, 9.17) is 0 Å². The summed E-state index contributed by atoms with van der Waals surface area (Å²) in [5.41, 5.74) is 2.30. The van der Waals surface area contributed by atoms with Crippen LogP contribution < -0.4 is 0 Å². The third kappa shape index (κ3) is 2.06. The molecular weight excluding hydrogens is 210 g/mol. The summed E-state index contributed by atoms with van der Waals surface area (Å²) in [5.74, 6) is 0.835. The lowest BCUT2D eigenvalue weighted by Crippen LogP contribution is -2.10. The van der Waals surface area contributed by atoms with Gasteiger partial charge in [-0.25, -0.2) is 9.97 Å². The second kappa shape index (κ2) is 4.47. The summed E-state index contributed by atoms with van der Waals surface area (Å²) in [6.45, 7) is 0. The highest BCUT2D eigenvalue weighted by Gasteiger charge is 2.16. The number of aromatic nitrogens is 3. The first-order valence-corrected chi connectivity index (χ1v) is 6.59. The van der Waals surface area contributed by atoms with Crippen LogP contribution in [-0.2, 0) is 13.5 Å². The van der Waals surface area contributed by atoms with Gasteiger partial charge in [0.1, 0.15) is 12.0 Å². The number of aryl methyl sites for hydroxylation is 1. The van der Waals surface area contributed by atoms with Gasteiger partial charge in [0.15, 0.2) is 0 Å². The molecule has 1 aliphatic rings. The van der Waals surface area contributed by atoms with E-state index in [1.807, 2.05) is 7.05 Å². The van der Waals surface area contributed by atoms with Gasteiger partial charge in [-0.2, -0.15) is 0 Å². The first-order chi connectivity index (χ1) is 8.34. The van der Waals surface area contributed by atoms with Crippen molar-refractivity contribution in [1.29, 1.82) is 0 Å². The molecular formula is C14H19N3. The van der Waals surface area contributed by atoms with Crippen LogP contribution in [0.4, 0.5) is 0 Å². The monoisotopic (exact) mass is 229 g/mol. The maximum Gasteiger partial charge on any atom is 0.143 e. The average Bonchev–Trinajstić information content (AvgIpc) is 2.74. The van der Waals surface area contributed by atoms with Gasteiger partial charge in [0.05, 0.1) is 5.69 Å². The van der Waals surface area contributed by atoms with Crippen LogP contribution >= 0.6 is 0 Å². The minimum absolute atomic E-state index is 0.835. The standard InChI is InChI=1S/C14H19N3/c1-17-8-7-12-13(15-10-16-14(12)17)9-11-5-3-2-4-6-11/h7-8,10-11H,2-6,9H2,1H3. The van der Waals surface area contributed by atoms with E-state index in [0.717, 1.165) is 18.0 Å². The summed E-state index contributed by atoms with van der Waals surface area (Å²) in [5, 5.41) is 1.24. The maximum atomic E-state index is 4.49. The third-order valence-corrected chi connectivity index (χ3v) is 3.95. The lowest BCUT2D eigenvalue weighted by molar-refractivity contribution is 0.355. The number of hydrogen-bond acceptors (Lipinski definition) is 2. The molecule has 2 aromatic rings. The van der Waals surface area contributed by atoms with Gasteiger partial charge < -0.3 is 4.57 Å². The van der Waals surface area contributed by atoms with E-state index in [1.165, 1.54) is 43.2 Å². The largest absolute Gasteiger partial charge is 0.335 e. The van der Waals surface area contributed by atoms with Gasteiger partial charge in [0, 0.05) is 18.6 Å². The molecule has 0 radical (unpaired) electrons. The molecule has 90 valence electrons. The Morgan fingerprint density at radius 2 is 2.06 bits per heavy atom. The Balaban J connectivity index is 1.89. The maximum absolute atomic E-state index is 4.49. The topological polar surface area (TPSA) is 30.7 Å². The summed E-state index contributed by atoms with van der Waals surface area (Å²) in [4.78, 5) is 8.84. The fourth-order valence-electron chi connectivity index (χ4n) is 2.96. The van der Waals surface area contributed by atoms with Crippen LogP contribution in [0.2, 0.25) is 0 Å². The highest BCUT2D eigenvalue weighted by molar-refractivity contribution is 5.78. The molecule has 0 aromatic carbocycles. The molecule has 1 aliphatic carbocycles. The van der Waals surface area contributed by atoms with Crippen LogP contribution in [0.25, 0.3) is 11.0 Å². The fraction of sp³-hybridized carbons (Fsp3) is 0.571. The Morgan fingerprint density at radius 1 is 1.24 bits per heavy atom. The second-order valence-electron chi connectivity index (χ2n) is 5.19. The van der Waals surface area contributed by atoms with E-state index >= 15 is 0 Å². The van der Waals surface area contributed by atoms with Crippen molar-refractivity contribution in [3.05, 3.63) is 24.3 Å². The van der Waals surface area contributed by atoms with Gasteiger partial charge in [0.25, 0.3) is 0 Å². The zero-order valence-electron chi connectivity index (χ0n) is 10.4. The van der Waals surface area contributed by atoms with Gasteiger partial charge >= 0.3 is 0 Å². The zero-order chi connectivity index (χ0) is 11.7. The Morgan fingerprint density at radius 3 is 2.88 bits per heavy atom. The smallest absolute Gasteiger partial charge is 0.143 e. The first kappa shape index (κ1) is 10.8. The van der Waals surface area contributed by atoms with E-state index in [0.29, 0.717) is 0 Å². The predicted molar refractivity (Wildman–Crippen MR) is 68.8 cm³/mol. The Kier molecular flexibility index (Phi) is 2.83. The minimum atomic E-state index is 0.835. The van der Waals surface area contributed by atoms with Crippen molar-refractivity contribution in [2.24, 2.45) is 13.0 Å². The molecule has 0 atom stereocenters. The molecule has 0 amide bonds. The van der Waals surface area contributed by atoms with Crippen LogP contribution in [-0.4, -0.2) is 14.5 Å². The van der Waals surface area contributed by atoms with E-state index in [9.17, 15) is 0 Å². The van der Waals surface area contributed by atoms with Crippen LogP contribution in [0.5, 0.6) is 0 Å². The number of nitrogens with zero attached hydrogens (tertiary/aromatic N) is 3. The van der Waals surface area contributed by atoms with Gasteiger partial charge in [-0.05, 0) is 18.4 Å². The minimum Gasteiger partial charge on any atom is -0.335 e. The van der Waals surface area contributed by atoms with Crippen molar-refractivity contribution in [2.75, 3.05) is 0 Å². The van der Waals surface area contributed by atoms with Crippen molar-refractivity contribution in [1.82, 2.24) is 14.5 Å². The van der Waals surface area contributed by atoms with Gasteiger partial charge in [-0.1, -0.05) is 32.1 Å². The summed E-state index contributed by atoms with van der Waals surface area (Å²) >= 11 is 0.